The Bertz CT molecular complexity index is 483. The average Bonchev–Trinajstić information content (AvgIpc) is 2.35. The third kappa shape index (κ3) is 5.92. The minimum absolute atomic E-state index is 0.109. The van der Waals surface area contributed by atoms with Gasteiger partial charge < -0.3 is 16.2 Å². The monoisotopic (exact) mass is 282 g/mol. The van der Waals surface area contributed by atoms with Crippen molar-refractivity contribution in [2.75, 3.05) is 0 Å². The molecule has 1 amide bonds. The van der Waals surface area contributed by atoms with E-state index >= 15 is 0 Å². The minimum Gasteiger partial charge on any atom is -0.481 e. The third-order valence-electron chi connectivity index (χ3n) is 2.42. The Hall–Kier alpha value is -2.01. The molecule has 0 fully saturated rings. The zero-order valence-electron chi connectivity index (χ0n) is 10.2. The van der Waals surface area contributed by atoms with E-state index in [4.69, 9.17) is 22.4 Å². The Morgan fingerprint density at radius 1 is 1.26 bits per heavy atom. The summed E-state index contributed by atoms with van der Waals surface area (Å²) in [6, 6.07) is 7.23. The molecule has 0 aliphatic carbocycles. The van der Waals surface area contributed by atoms with Crippen LogP contribution in [0.3, 0.4) is 0 Å². The van der Waals surface area contributed by atoms with Gasteiger partial charge in [-0.25, -0.2) is 0 Å². The van der Waals surface area contributed by atoms with Crippen LogP contribution in [0.15, 0.2) is 36.0 Å². The zero-order chi connectivity index (χ0) is 14.3. The van der Waals surface area contributed by atoms with Crippen molar-refractivity contribution in [2.24, 2.45) is 5.73 Å². The number of hydrogen-bond donors (Lipinski definition) is 3. The quantitative estimate of drug-likeness (QED) is 0.663. The van der Waals surface area contributed by atoms with Crippen molar-refractivity contribution in [3.05, 3.63) is 46.6 Å². The molecule has 0 unspecified atom stereocenters. The Morgan fingerprint density at radius 2 is 1.89 bits per heavy atom. The molecule has 1 rings (SSSR count). The van der Waals surface area contributed by atoms with Crippen LogP contribution in [-0.2, 0) is 16.1 Å². The van der Waals surface area contributed by atoms with Crippen LogP contribution in [0, 0.1) is 0 Å². The molecular weight excluding hydrogens is 268 g/mol. The molecule has 6 heteroatoms. The SMILES string of the molecule is NC(=O)/C(=C\NCc1ccc(Cl)cc1)CCC(=O)O. The predicted molar refractivity (Wildman–Crippen MR) is 72.4 cm³/mol. The van der Waals surface area contributed by atoms with Gasteiger partial charge in [-0.05, 0) is 24.1 Å². The molecule has 0 aromatic heterocycles. The van der Waals surface area contributed by atoms with Gasteiger partial charge in [-0.15, -0.1) is 0 Å². The van der Waals surface area contributed by atoms with Crippen molar-refractivity contribution in [3.8, 4) is 0 Å². The first-order valence-electron chi connectivity index (χ1n) is 5.67. The predicted octanol–water partition coefficient (Wildman–Crippen LogP) is 1.66. The van der Waals surface area contributed by atoms with Crippen molar-refractivity contribution in [1.29, 1.82) is 0 Å². The lowest BCUT2D eigenvalue weighted by Gasteiger charge is -2.05. The van der Waals surface area contributed by atoms with Gasteiger partial charge in [0.25, 0.3) is 0 Å². The number of carbonyl (C=O) groups excluding carboxylic acids is 1. The van der Waals surface area contributed by atoms with Crippen molar-refractivity contribution >= 4 is 23.5 Å². The normalized spacial score (nSPS) is 11.1. The van der Waals surface area contributed by atoms with Crippen LogP contribution in [0.5, 0.6) is 0 Å². The third-order valence-corrected chi connectivity index (χ3v) is 2.67. The number of amides is 1. The van der Waals surface area contributed by atoms with Crippen molar-refractivity contribution < 1.29 is 14.7 Å². The minimum atomic E-state index is -0.968. The van der Waals surface area contributed by atoms with Gasteiger partial charge in [0.1, 0.15) is 0 Å². The highest BCUT2D eigenvalue weighted by Gasteiger charge is 2.07. The van der Waals surface area contributed by atoms with Crippen LogP contribution >= 0.6 is 11.6 Å². The van der Waals surface area contributed by atoms with Crippen LogP contribution in [0.1, 0.15) is 18.4 Å². The molecule has 1 aromatic rings. The lowest BCUT2D eigenvalue weighted by molar-refractivity contribution is -0.136. The lowest BCUT2D eigenvalue weighted by atomic mass is 10.1. The first-order valence-corrected chi connectivity index (χ1v) is 6.05. The van der Waals surface area contributed by atoms with Crippen LogP contribution < -0.4 is 11.1 Å². The fraction of sp³-hybridized carbons (Fsp3) is 0.231. The molecule has 4 N–H and O–H groups in total. The second kappa shape index (κ2) is 7.43. The number of carboxylic acid groups (broad SMARTS) is 1. The number of carbonyl (C=O) groups is 2. The van der Waals surface area contributed by atoms with Crippen LogP contribution in [0.25, 0.3) is 0 Å². The van der Waals surface area contributed by atoms with Gasteiger partial charge in [0.2, 0.25) is 5.91 Å². The van der Waals surface area contributed by atoms with E-state index in [9.17, 15) is 9.59 Å². The number of benzene rings is 1. The first kappa shape index (κ1) is 15.0. The summed E-state index contributed by atoms with van der Waals surface area (Å²) in [4.78, 5) is 21.5. The molecule has 1 aromatic carbocycles. The summed E-state index contributed by atoms with van der Waals surface area (Å²) in [5.41, 5.74) is 6.41. The molecule has 0 aliphatic heterocycles. The van der Waals surface area contributed by atoms with E-state index in [1.165, 1.54) is 6.20 Å². The molecule has 0 spiro atoms. The molecule has 0 aliphatic rings. The van der Waals surface area contributed by atoms with E-state index in [0.717, 1.165) is 5.56 Å². The smallest absolute Gasteiger partial charge is 0.303 e. The Morgan fingerprint density at radius 3 is 2.42 bits per heavy atom. The summed E-state index contributed by atoms with van der Waals surface area (Å²) in [6.07, 6.45) is 1.44. The number of rotatable bonds is 7. The van der Waals surface area contributed by atoms with E-state index in [2.05, 4.69) is 5.32 Å². The van der Waals surface area contributed by atoms with Crippen LogP contribution in [-0.4, -0.2) is 17.0 Å². The Kier molecular flexibility index (Phi) is 5.89. The summed E-state index contributed by atoms with van der Waals surface area (Å²) in [5, 5.41) is 12.1. The molecule has 0 saturated carbocycles. The topological polar surface area (TPSA) is 92.4 Å². The molecule has 0 radical (unpaired) electrons. The van der Waals surface area contributed by atoms with E-state index in [-0.39, 0.29) is 18.4 Å². The second-order valence-electron chi connectivity index (χ2n) is 3.93. The Labute approximate surface area is 116 Å². The fourth-order valence-corrected chi connectivity index (χ4v) is 1.53. The Balaban J connectivity index is 2.53. The maximum absolute atomic E-state index is 11.1. The average molecular weight is 283 g/mol. The number of halogens is 1. The summed E-state index contributed by atoms with van der Waals surface area (Å²) in [7, 11) is 0. The molecule has 102 valence electrons. The highest BCUT2D eigenvalue weighted by molar-refractivity contribution is 6.30. The molecule has 5 nitrogen and oxygen atoms in total. The van der Waals surface area contributed by atoms with Crippen molar-refractivity contribution in [3.63, 3.8) is 0 Å². The fourth-order valence-electron chi connectivity index (χ4n) is 1.40. The molecule has 19 heavy (non-hydrogen) atoms. The maximum Gasteiger partial charge on any atom is 0.303 e. The van der Waals surface area contributed by atoms with Crippen LogP contribution in [0.2, 0.25) is 5.02 Å². The molecule has 0 bridgehead atoms. The zero-order valence-corrected chi connectivity index (χ0v) is 11.0. The number of primary amides is 1. The number of aliphatic carboxylic acids is 1. The van der Waals surface area contributed by atoms with Gasteiger partial charge in [0.15, 0.2) is 0 Å². The van der Waals surface area contributed by atoms with Crippen molar-refractivity contribution in [1.82, 2.24) is 5.32 Å². The summed E-state index contributed by atoms with van der Waals surface area (Å²) in [6.45, 7) is 0.501. The van der Waals surface area contributed by atoms with Gasteiger partial charge in [-0.3, -0.25) is 9.59 Å². The van der Waals surface area contributed by atoms with Gasteiger partial charge >= 0.3 is 5.97 Å². The molecule has 0 saturated heterocycles. The van der Waals surface area contributed by atoms with Gasteiger partial charge in [-0.2, -0.15) is 0 Å². The van der Waals surface area contributed by atoms with Gasteiger partial charge in [-0.1, -0.05) is 23.7 Å². The largest absolute Gasteiger partial charge is 0.481 e. The maximum atomic E-state index is 11.1. The summed E-state index contributed by atoms with van der Waals surface area (Å²) in [5.74, 6) is -1.59. The highest BCUT2D eigenvalue weighted by atomic mass is 35.5. The summed E-state index contributed by atoms with van der Waals surface area (Å²) < 4.78 is 0. The molecule has 0 atom stereocenters. The summed E-state index contributed by atoms with van der Waals surface area (Å²) >= 11 is 5.76. The number of nitrogens with one attached hydrogen (secondary N) is 1. The second-order valence-corrected chi connectivity index (χ2v) is 4.37. The number of hydrogen-bond acceptors (Lipinski definition) is 3. The van der Waals surface area contributed by atoms with E-state index in [1.54, 1.807) is 12.1 Å². The highest BCUT2D eigenvalue weighted by Crippen LogP contribution is 2.09. The standard InChI is InChI=1S/C13H15ClN2O3/c14-11-4-1-9(2-5-11)7-16-8-10(13(15)19)3-6-12(17)18/h1-2,4-5,8,16H,3,6-7H2,(H2,15,19)(H,17,18)/b10-8-. The number of nitrogens with two attached hydrogens (primary N) is 1. The number of carboxylic acids is 1. The van der Waals surface area contributed by atoms with E-state index < -0.39 is 11.9 Å². The van der Waals surface area contributed by atoms with Crippen molar-refractivity contribution in [2.45, 2.75) is 19.4 Å². The lowest BCUT2D eigenvalue weighted by Crippen LogP contribution is -2.18. The van der Waals surface area contributed by atoms with Gasteiger partial charge in [0.05, 0.1) is 0 Å². The van der Waals surface area contributed by atoms with E-state index in [1.807, 2.05) is 12.1 Å². The van der Waals surface area contributed by atoms with Crippen LogP contribution in [0.4, 0.5) is 0 Å². The molecular formula is C13H15ClN2O3. The molecule has 0 heterocycles. The van der Waals surface area contributed by atoms with E-state index in [0.29, 0.717) is 11.6 Å². The first-order chi connectivity index (χ1) is 8.99. The van der Waals surface area contributed by atoms with Gasteiger partial charge in [0, 0.05) is 29.8 Å².